The fourth-order valence-corrected chi connectivity index (χ4v) is 3.48. The van der Waals surface area contributed by atoms with Crippen molar-refractivity contribution in [3.05, 3.63) is 33.8 Å². The topological polar surface area (TPSA) is 78.1 Å². The number of methoxy groups -OCH3 is 1. The van der Waals surface area contributed by atoms with Crippen LogP contribution in [0.25, 0.3) is 6.08 Å². The van der Waals surface area contributed by atoms with Gasteiger partial charge in [-0.1, -0.05) is 29.8 Å². The van der Waals surface area contributed by atoms with Gasteiger partial charge < -0.3 is 4.74 Å². The van der Waals surface area contributed by atoms with Crippen LogP contribution in [0.15, 0.2) is 38.3 Å². The van der Waals surface area contributed by atoms with Crippen molar-refractivity contribution in [2.45, 2.75) is 13.8 Å². The van der Waals surface area contributed by atoms with Gasteiger partial charge in [0.1, 0.15) is 10.8 Å². The van der Waals surface area contributed by atoms with Gasteiger partial charge in [0.05, 0.1) is 12.7 Å². The first-order chi connectivity index (χ1) is 11.4. The molecule has 0 fully saturated rings. The van der Waals surface area contributed by atoms with Gasteiger partial charge in [-0.05, 0) is 36.0 Å². The summed E-state index contributed by atoms with van der Waals surface area (Å²) in [6.07, 6.45) is 1.61. The van der Waals surface area contributed by atoms with Gasteiger partial charge in [0, 0.05) is 16.0 Å². The molecule has 24 heavy (non-hydrogen) atoms. The second-order valence-corrected chi connectivity index (χ2v) is 7.40. The summed E-state index contributed by atoms with van der Waals surface area (Å²) in [5, 5.41) is 15.4. The molecule has 0 saturated heterocycles. The summed E-state index contributed by atoms with van der Waals surface area (Å²) in [7, 11) is 1.56. The number of fused-ring (bicyclic) bond motifs is 1. The lowest BCUT2D eigenvalue weighted by molar-refractivity contribution is -0.114. The Bertz CT molecular complexity index is 829. The Kier molecular flexibility index (Phi) is 4.60. The fourth-order valence-electron chi connectivity index (χ4n) is 2.21. The SMILES string of the molecule is COc1ccc(Br)cc1C=C1C(=N)N2N=C(C(C)C)SC2=NC1=O. The number of carbonyl (C=O) groups is 1. The summed E-state index contributed by atoms with van der Waals surface area (Å²) in [5.74, 6) is 0.406. The van der Waals surface area contributed by atoms with E-state index in [1.807, 2.05) is 26.0 Å². The van der Waals surface area contributed by atoms with Gasteiger partial charge in [0.2, 0.25) is 5.17 Å². The summed E-state index contributed by atoms with van der Waals surface area (Å²) in [6.45, 7) is 4.03. The van der Waals surface area contributed by atoms with Crippen LogP contribution in [0, 0.1) is 11.3 Å². The molecule has 2 aliphatic heterocycles. The highest BCUT2D eigenvalue weighted by Gasteiger charge is 2.36. The fraction of sp³-hybridized carbons (Fsp3) is 0.250. The number of hydrogen-bond donors (Lipinski definition) is 1. The van der Waals surface area contributed by atoms with Crippen molar-refractivity contribution in [1.29, 1.82) is 5.41 Å². The van der Waals surface area contributed by atoms with Crippen molar-refractivity contribution in [2.75, 3.05) is 7.11 Å². The smallest absolute Gasteiger partial charge is 0.283 e. The molecule has 0 radical (unpaired) electrons. The maximum absolute atomic E-state index is 12.4. The molecular weight excluding hydrogens is 392 g/mol. The minimum atomic E-state index is -0.444. The zero-order chi connectivity index (χ0) is 17.4. The number of halogens is 1. The molecule has 2 heterocycles. The highest BCUT2D eigenvalue weighted by atomic mass is 79.9. The first-order valence-electron chi connectivity index (χ1n) is 7.24. The van der Waals surface area contributed by atoms with Crippen LogP contribution >= 0.6 is 27.7 Å². The second kappa shape index (κ2) is 6.52. The largest absolute Gasteiger partial charge is 0.496 e. The van der Waals surface area contributed by atoms with Crippen molar-refractivity contribution in [3.63, 3.8) is 0 Å². The van der Waals surface area contributed by atoms with Crippen LogP contribution in [0.5, 0.6) is 5.75 Å². The number of benzene rings is 1. The molecule has 0 saturated carbocycles. The Morgan fingerprint density at radius 3 is 2.83 bits per heavy atom. The molecule has 2 aliphatic rings. The van der Waals surface area contributed by atoms with E-state index in [0.717, 1.165) is 9.52 Å². The van der Waals surface area contributed by atoms with Crippen molar-refractivity contribution in [2.24, 2.45) is 16.0 Å². The van der Waals surface area contributed by atoms with Gasteiger partial charge in [-0.3, -0.25) is 10.2 Å². The first kappa shape index (κ1) is 16.9. The molecule has 1 N–H and O–H groups in total. The summed E-state index contributed by atoms with van der Waals surface area (Å²) in [4.78, 5) is 16.4. The Hall–Kier alpha value is -1.93. The predicted molar refractivity (Wildman–Crippen MR) is 101 cm³/mol. The van der Waals surface area contributed by atoms with Crippen molar-refractivity contribution >= 4 is 55.7 Å². The Morgan fingerprint density at radius 2 is 2.17 bits per heavy atom. The molecule has 0 spiro atoms. The van der Waals surface area contributed by atoms with Gasteiger partial charge in [-0.2, -0.15) is 15.1 Å². The maximum Gasteiger partial charge on any atom is 0.283 e. The molecule has 0 aliphatic carbocycles. The van der Waals surface area contributed by atoms with Crippen LogP contribution in [-0.4, -0.2) is 34.1 Å². The number of nitrogens with zero attached hydrogens (tertiary/aromatic N) is 3. The molecular formula is C16H15BrN4O2S. The van der Waals surface area contributed by atoms with Crippen LogP contribution in [0.2, 0.25) is 0 Å². The summed E-state index contributed by atoms with van der Waals surface area (Å²) >= 11 is 4.74. The van der Waals surface area contributed by atoms with Gasteiger partial charge in [-0.25, -0.2) is 0 Å². The third-order valence-electron chi connectivity index (χ3n) is 3.46. The maximum atomic E-state index is 12.4. The Labute approximate surface area is 152 Å². The monoisotopic (exact) mass is 406 g/mol. The normalized spacial score (nSPS) is 18.9. The number of amides is 1. The van der Waals surface area contributed by atoms with Crippen LogP contribution in [-0.2, 0) is 4.79 Å². The lowest BCUT2D eigenvalue weighted by Gasteiger charge is -2.20. The summed E-state index contributed by atoms with van der Waals surface area (Å²) < 4.78 is 6.17. The number of thioether (sulfide) groups is 1. The number of aliphatic imine (C=N–C) groups is 1. The molecule has 1 amide bonds. The molecule has 0 aromatic heterocycles. The van der Waals surface area contributed by atoms with Crippen molar-refractivity contribution in [3.8, 4) is 5.75 Å². The third kappa shape index (κ3) is 3.03. The molecule has 6 nitrogen and oxygen atoms in total. The molecule has 0 atom stereocenters. The average molecular weight is 407 g/mol. The number of hydrazone groups is 1. The number of nitrogens with one attached hydrogen (secondary N) is 1. The highest BCUT2D eigenvalue weighted by Crippen LogP contribution is 2.32. The lowest BCUT2D eigenvalue weighted by atomic mass is 10.1. The van der Waals surface area contributed by atoms with Crippen LogP contribution in [0.3, 0.4) is 0 Å². The van der Waals surface area contributed by atoms with Gasteiger partial charge in [0.25, 0.3) is 5.91 Å². The molecule has 124 valence electrons. The van der Waals surface area contributed by atoms with Gasteiger partial charge in [0.15, 0.2) is 5.84 Å². The predicted octanol–water partition coefficient (Wildman–Crippen LogP) is 3.73. The van der Waals surface area contributed by atoms with E-state index in [4.69, 9.17) is 10.1 Å². The number of amidine groups is 2. The summed E-state index contributed by atoms with van der Waals surface area (Å²) in [5.41, 5.74) is 0.878. The van der Waals surface area contributed by atoms with Gasteiger partial charge in [-0.15, -0.1) is 0 Å². The molecule has 0 unspecified atom stereocenters. The number of carbonyl (C=O) groups excluding carboxylic acids is 1. The number of ether oxygens (including phenoxy) is 1. The van der Waals surface area contributed by atoms with E-state index in [1.165, 1.54) is 16.8 Å². The Morgan fingerprint density at radius 1 is 1.42 bits per heavy atom. The molecule has 3 rings (SSSR count). The molecule has 0 bridgehead atoms. The van der Waals surface area contributed by atoms with E-state index in [2.05, 4.69) is 26.0 Å². The standard InChI is InChI=1S/C16H15BrN4O2S/c1-8(2)15-20-21-13(18)11(14(22)19-16(21)24-15)7-9-6-10(17)4-5-12(9)23-3/h4-8,18H,1-3H3. The second-order valence-electron chi connectivity index (χ2n) is 5.50. The lowest BCUT2D eigenvalue weighted by Crippen LogP contribution is -2.35. The quantitative estimate of drug-likeness (QED) is 0.775. The van der Waals surface area contributed by atoms with Crippen LogP contribution < -0.4 is 4.74 Å². The Balaban J connectivity index is 2.03. The van der Waals surface area contributed by atoms with E-state index in [0.29, 0.717) is 16.5 Å². The minimum Gasteiger partial charge on any atom is -0.496 e. The van der Waals surface area contributed by atoms with E-state index in [-0.39, 0.29) is 17.3 Å². The van der Waals surface area contributed by atoms with Crippen molar-refractivity contribution < 1.29 is 9.53 Å². The molecule has 8 heteroatoms. The van der Waals surface area contributed by atoms with Crippen LogP contribution in [0.4, 0.5) is 0 Å². The van der Waals surface area contributed by atoms with Crippen molar-refractivity contribution in [1.82, 2.24) is 5.01 Å². The number of hydrogen-bond acceptors (Lipinski definition) is 5. The highest BCUT2D eigenvalue weighted by molar-refractivity contribution is 9.10. The van der Waals surface area contributed by atoms with Gasteiger partial charge >= 0.3 is 0 Å². The molecule has 1 aromatic carbocycles. The van der Waals surface area contributed by atoms with E-state index in [9.17, 15) is 4.79 Å². The van der Waals surface area contributed by atoms with E-state index >= 15 is 0 Å². The number of rotatable bonds is 3. The average Bonchev–Trinajstić information content (AvgIpc) is 2.96. The minimum absolute atomic E-state index is 0.0233. The van der Waals surface area contributed by atoms with Crippen LogP contribution in [0.1, 0.15) is 19.4 Å². The zero-order valence-corrected chi connectivity index (χ0v) is 15.7. The first-order valence-corrected chi connectivity index (χ1v) is 8.85. The zero-order valence-electron chi connectivity index (χ0n) is 13.3. The summed E-state index contributed by atoms with van der Waals surface area (Å²) in [6, 6.07) is 5.47. The molecule has 1 aromatic rings. The van der Waals surface area contributed by atoms with E-state index in [1.54, 1.807) is 19.3 Å². The van der Waals surface area contributed by atoms with E-state index < -0.39 is 5.91 Å². The third-order valence-corrected chi connectivity index (χ3v) is 5.16.